The van der Waals surface area contributed by atoms with Gasteiger partial charge in [-0.1, -0.05) is 30.3 Å². The van der Waals surface area contributed by atoms with E-state index in [-0.39, 0.29) is 18.1 Å². The van der Waals surface area contributed by atoms with Gasteiger partial charge in [0, 0.05) is 0 Å². The van der Waals surface area contributed by atoms with Gasteiger partial charge in [-0.2, -0.15) is 0 Å². The van der Waals surface area contributed by atoms with Crippen molar-refractivity contribution in [2.45, 2.75) is 37.8 Å². The van der Waals surface area contributed by atoms with Gasteiger partial charge in [0.05, 0.1) is 0 Å². The minimum absolute atomic E-state index is 0.127. The third kappa shape index (κ3) is 3.07. The van der Waals surface area contributed by atoms with Crippen molar-refractivity contribution in [2.24, 2.45) is 0 Å². The quantitative estimate of drug-likeness (QED) is 0.812. The summed E-state index contributed by atoms with van der Waals surface area (Å²) < 4.78 is 5.52. The lowest BCUT2D eigenvalue weighted by molar-refractivity contribution is -0.151. The molecule has 0 heterocycles. The molecule has 1 aromatic rings. The second kappa shape index (κ2) is 5.82. The van der Waals surface area contributed by atoms with Gasteiger partial charge in [0.15, 0.2) is 0 Å². The van der Waals surface area contributed by atoms with Crippen LogP contribution in [0.1, 0.15) is 37.3 Å². The highest BCUT2D eigenvalue weighted by Crippen LogP contribution is 2.23. The number of nitrogens with one attached hydrogen (secondary N) is 1. The zero-order valence-electron chi connectivity index (χ0n) is 10.2. The minimum atomic E-state index is -0.350. The molecule has 1 atom stereocenters. The first kappa shape index (κ1) is 12.1. The van der Waals surface area contributed by atoms with Crippen LogP contribution >= 0.6 is 0 Å². The van der Waals surface area contributed by atoms with Crippen LogP contribution in [0.5, 0.6) is 0 Å². The second-order valence-electron chi connectivity index (χ2n) is 4.48. The lowest BCUT2D eigenvalue weighted by Gasteiger charge is -2.18. The van der Waals surface area contributed by atoms with E-state index in [1.54, 1.807) is 7.05 Å². The van der Waals surface area contributed by atoms with E-state index in [4.69, 9.17) is 4.74 Å². The summed E-state index contributed by atoms with van der Waals surface area (Å²) in [5.74, 6) is -0.161. The van der Waals surface area contributed by atoms with Crippen molar-refractivity contribution in [3.05, 3.63) is 35.9 Å². The molecule has 1 saturated carbocycles. The summed E-state index contributed by atoms with van der Waals surface area (Å²) in [4.78, 5) is 12.0. The molecular formula is C14H19NO2. The summed E-state index contributed by atoms with van der Waals surface area (Å²) in [5.41, 5.74) is 0.956. The van der Waals surface area contributed by atoms with Gasteiger partial charge in [0.1, 0.15) is 12.1 Å². The minimum Gasteiger partial charge on any atom is -0.461 e. The van der Waals surface area contributed by atoms with Crippen molar-refractivity contribution in [1.82, 2.24) is 5.32 Å². The average Bonchev–Trinajstić information content (AvgIpc) is 2.84. The lowest BCUT2D eigenvalue weighted by atomic mass is 10.1. The van der Waals surface area contributed by atoms with Crippen LogP contribution in [0.15, 0.2) is 30.3 Å². The van der Waals surface area contributed by atoms with Crippen LogP contribution in [0, 0.1) is 0 Å². The van der Waals surface area contributed by atoms with Crippen molar-refractivity contribution in [3.8, 4) is 0 Å². The number of hydrogen-bond donors (Lipinski definition) is 1. The van der Waals surface area contributed by atoms with Gasteiger partial charge in [0.25, 0.3) is 0 Å². The van der Waals surface area contributed by atoms with Gasteiger partial charge in [0.2, 0.25) is 0 Å². The molecule has 3 heteroatoms. The molecule has 1 fully saturated rings. The number of ether oxygens (including phenoxy) is 1. The number of rotatable bonds is 4. The van der Waals surface area contributed by atoms with E-state index < -0.39 is 0 Å². The molecule has 0 radical (unpaired) electrons. The van der Waals surface area contributed by atoms with Crippen molar-refractivity contribution in [1.29, 1.82) is 0 Å². The van der Waals surface area contributed by atoms with Crippen LogP contribution in [-0.2, 0) is 9.53 Å². The van der Waals surface area contributed by atoms with E-state index in [9.17, 15) is 4.79 Å². The third-order valence-corrected chi connectivity index (χ3v) is 3.24. The Morgan fingerprint density at radius 3 is 2.53 bits per heavy atom. The van der Waals surface area contributed by atoms with E-state index in [2.05, 4.69) is 5.32 Å². The standard InChI is InChI=1S/C14H19NO2/c1-15-13(11-7-3-2-4-8-11)14(16)17-12-9-5-6-10-12/h2-4,7-8,12-13,15H,5-6,9-10H2,1H3/t13-/m0/s1. The SMILES string of the molecule is CN[C@H](C(=O)OC1CCCC1)c1ccccc1. The van der Waals surface area contributed by atoms with E-state index in [1.807, 2.05) is 30.3 Å². The highest BCUT2D eigenvalue weighted by Gasteiger charge is 2.25. The number of hydrogen-bond acceptors (Lipinski definition) is 3. The van der Waals surface area contributed by atoms with Crippen molar-refractivity contribution in [3.63, 3.8) is 0 Å². The first-order valence-corrected chi connectivity index (χ1v) is 6.24. The molecule has 0 bridgehead atoms. The van der Waals surface area contributed by atoms with E-state index in [1.165, 1.54) is 12.8 Å². The number of carbonyl (C=O) groups excluding carboxylic acids is 1. The second-order valence-corrected chi connectivity index (χ2v) is 4.48. The molecule has 0 unspecified atom stereocenters. The molecule has 1 aromatic carbocycles. The predicted octanol–water partition coefficient (Wildman–Crippen LogP) is 2.43. The predicted molar refractivity (Wildman–Crippen MR) is 66.6 cm³/mol. The van der Waals surface area contributed by atoms with Gasteiger partial charge in [-0.3, -0.25) is 0 Å². The van der Waals surface area contributed by atoms with Gasteiger partial charge in [-0.25, -0.2) is 4.79 Å². The fraction of sp³-hybridized carbons (Fsp3) is 0.500. The molecule has 0 aromatic heterocycles. The fourth-order valence-corrected chi connectivity index (χ4v) is 2.30. The normalized spacial score (nSPS) is 17.9. The molecule has 1 N–H and O–H groups in total. The Morgan fingerprint density at radius 2 is 1.94 bits per heavy atom. The molecule has 1 aliphatic rings. The Kier molecular flexibility index (Phi) is 4.15. The molecule has 1 aliphatic carbocycles. The van der Waals surface area contributed by atoms with Gasteiger partial charge >= 0.3 is 5.97 Å². The molecule has 2 rings (SSSR count). The lowest BCUT2D eigenvalue weighted by Crippen LogP contribution is -2.29. The van der Waals surface area contributed by atoms with Crippen LogP contribution in [0.25, 0.3) is 0 Å². The number of carbonyl (C=O) groups is 1. The summed E-state index contributed by atoms with van der Waals surface area (Å²) >= 11 is 0. The molecule has 0 spiro atoms. The molecule has 0 saturated heterocycles. The third-order valence-electron chi connectivity index (χ3n) is 3.24. The summed E-state index contributed by atoms with van der Waals surface area (Å²) in [6, 6.07) is 9.34. The van der Waals surface area contributed by atoms with Crippen molar-refractivity contribution in [2.75, 3.05) is 7.05 Å². The summed E-state index contributed by atoms with van der Waals surface area (Å²) in [6.07, 6.45) is 4.50. The number of likely N-dealkylation sites (N-methyl/N-ethyl adjacent to an activating group) is 1. The average molecular weight is 233 g/mol. The van der Waals surface area contributed by atoms with Crippen molar-refractivity contribution >= 4 is 5.97 Å². The Morgan fingerprint density at radius 1 is 1.29 bits per heavy atom. The van der Waals surface area contributed by atoms with Crippen molar-refractivity contribution < 1.29 is 9.53 Å². The van der Waals surface area contributed by atoms with Gasteiger partial charge < -0.3 is 10.1 Å². The van der Waals surface area contributed by atoms with Crippen LogP contribution in [-0.4, -0.2) is 19.1 Å². The molecular weight excluding hydrogens is 214 g/mol. The Balaban J connectivity index is 2.00. The Bertz CT molecular complexity index is 358. The molecule has 3 nitrogen and oxygen atoms in total. The summed E-state index contributed by atoms with van der Waals surface area (Å²) in [7, 11) is 1.79. The van der Waals surface area contributed by atoms with Gasteiger partial charge in [-0.05, 0) is 38.3 Å². The number of esters is 1. The summed E-state index contributed by atoms with van der Waals surface area (Å²) in [5, 5.41) is 3.02. The maximum Gasteiger partial charge on any atom is 0.328 e. The first-order valence-electron chi connectivity index (χ1n) is 6.24. The molecule has 92 valence electrons. The summed E-state index contributed by atoms with van der Waals surface area (Å²) in [6.45, 7) is 0. The fourth-order valence-electron chi connectivity index (χ4n) is 2.30. The monoisotopic (exact) mass is 233 g/mol. The zero-order chi connectivity index (χ0) is 12.1. The van der Waals surface area contributed by atoms with Crippen LogP contribution in [0.3, 0.4) is 0 Å². The van der Waals surface area contributed by atoms with E-state index >= 15 is 0 Å². The van der Waals surface area contributed by atoms with E-state index in [0.29, 0.717) is 0 Å². The van der Waals surface area contributed by atoms with Crippen LogP contribution < -0.4 is 5.32 Å². The maximum absolute atomic E-state index is 12.0. The van der Waals surface area contributed by atoms with Crippen LogP contribution in [0.2, 0.25) is 0 Å². The topological polar surface area (TPSA) is 38.3 Å². The van der Waals surface area contributed by atoms with Gasteiger partial charge in [-0.15, -0.1) is 0 Å². The van der Waals surface area contributed by atoms with E-state index in [0.717, 1.165) is 18.4 Å². The smallest absolute Gasteiger partial charge is 0.328 e. The highest BCUT2D eigenvalue weighted by atomic mass is 16.5. The molecule has 0 amide bonds. The molecule has 0 aliphatic heterocycles. The Hall–Kier alpha value is -1.35. The number of benzene rings is 1. The zero-order valence-corrected chi connectivity index (χ0v) is 10.2. The Labute approximate surface area is 102 Å². The molecule has 17 heavy (non-hydrogen) atoms. The first-order chi connectivity index (χ1) is 8.31. The highest BCUT2D eigenvalue weighted by molar-refractivity contribution is 5.77. The largest absolute Gasteiger partial charge is 0.461 e. The maximum atomic E-state index is 12.0. The van der Waals surface area contributed by atoms with Crippen LogP contribution in [0.4, 0.5) is 0 Å².